The van der Waals surface area contributed by atoms with Crippen LogP contribution in [0.1, 0.15) is 45.7 Å². The summed E-state index contributed by atoms with van der Waals surface area (Å²) in [5, 5.41) is 0. The maximum absolute atomic E-state index is 13.2. The van der Waals surface area contributed by atoms with Crippen molar-refractivity contribution in [3.63, 3.8) is 0 Å². The molecule has 0 atom stereocenters. The lowest BCUT2D eigenvalue weighted by Crippen LogP contribution is -2.36. The van der Waals surface area contributed by atoms with Gasteiger partial charge in [-0.15, -0.1) is 0 Å². The van der Waals surface area contributed by atoms with E-state index in [4.69, 9.17) is 9.47 Å². The average molecular weight is 401 g/mol. The maximum Gasteiger partial charge on any atom is 0.276 e. The monoisotopic (exact) mass is 401 g/mol. The first-order valence-electron chi connectivity index (χ1n) is 8.68. The summed E-state index contributed by atoms with van der Waals surface area (Å²) >= 11 is 0. The van der Waals surface area contributed by atoms with Crippen LogP contribution in [0.3, 0.4) is 0 Å². The minimum absolute atomic E-state index is 0.00913. The van der Waals surface area contributed by atoms with E-state index in [-0.39, 0.29) is 16.0 Å². The molecule has 0 saturated carbocycles. The Balaban J connectivity index is 1.92. The van der Waals surface area contributed by atoms with Gasteiger partial charge in [-0.3, -0.25) is 9.59 Å². The standard InChI is InChI=1S/C20H19NO6S/c1-11-5-7-12(8-6-11)28(24,25)21-18(22)13-9-14(26-4)17-16(15(13)19(21)23)20(2,3)10-27-17/h5-9H,10H2,1-4H3. The van der Waals surface area contributed by atoms with Gasteiger partial charge in [-0.25, -0.2) is 8.42 Å². The number of carbonyl (C=O) groups is 2. The molecule has 0 aliphatic carbocycles. The summed E-state index contributed by atoms with van der Waals surface area (Å²) in [5.74, 6) is -1.07. The number of sulfonamides is 1. The molecule has 2 heterocycles. The van der Waals surface area contributed by atoms with Crippen molar-refractivity contribution in [2.75, 3.05) is 13.7 Å². The Morgan fingerprint density at radius 1 is 1.11 bits per heavy atom. The number of methoxy groups -OCH3 is 1. The second kappa shape index (κ2) is 5.81. The third-order valence-corrected chi connectivity index (χ3v) is 6.77. The Bertz CT molecular complexity index is 1130. The summed E-state index contributed by atoms with van der Waals surface area (Å²) in [4.78, 5) is 26.1. The van der Waals surface area contributed by atoms with Gasteiger partial charge in [-0.1, -0.05) is 31.5 Å². The molecule has 8 heteroatoms. The lowest BCUT2D eigenvalue weighted by molar-refractivity contribution is 0.0764. The number of nitrogens with zero attached hydrogens (tertiary/aromatic N) is 1. The number of rotatable bonds is 3. The maximum atomic E-state index is 13.2. The van der Waals surface area contributed by atoms with Gasteiger partial charge in [-0.2, -0.15) is 4.31 Å². The highest BCUT2D eigenvalue weighted by molar-refractivity contribution is 7.90. The number of amides is 2. The molecular weight excluding hydrogens is 382 g/mol. The third kappa shape index (κ3) is 2.37. The van der Waals surface area contributed by atoms with Gasteiger partial charge in [0.1, 0.15) is 0 Å². The fourth-order valence-corrected chi connectivity index (χ4v) is 4.95. The molecule has 2 aromatic rings. The fourth-order valence-electron chi connectivity index (χ4n) is 3.63. The van der Waals surface area contributed by atoms with Gasteiger partial charge in [-0.05, 0) is 25.1 Å². The summed E-state index contributed by atoms with van der Waals surface area (Å²) in [6.07, 6.45) is 0. The molecular formula is C20H19NO6S. The predicted molar refractivity (Wildman–Crippen MR) is 100 cm³/mol. The average Bonchev–Trinajstić information content (AvgIpc) is 3.08. The molecule has 2 aliphatic rings. The van der Waals surface area contributed by atoms with Gasteiger partial charge in [0.15, 0.2) is 11.5 Å². The number of hydrogen-bond acceptors (Lipinski definition) is 6. The summed E-state index contributed by atoms with van der Waals surface area (Å²) in [5.41, 5.74) is 0.867. The highest BCUT2D eigenvalue weighted by Gasteiger charge is 2.50. The van der Waals surface area contributed by atoms with E-state index in [0.29, 0.717) is 28.0 Å². The summed E-state index contributed by atoms with van der Waals surface area (Å²) in [7, 11) is -2.91. The largest absolute Gasteiger partial charge is 0.493 e. The topological polar surface area (TPSA) is 90.0 Å². The normalized spacial score (nSPS) is 17.4. The predicted octanol–water partition coefficient (Wildman–Crippen LogP) is 2.66. The summed E-state index contributed by atoms with van der Waals surface area (Å²) in [6.45, 7) is 5.85. The molecule has 2 aromatic carbocycles. The number of hydrogen-bond donors (Lipinski definition) is 0. The van der Waals surface area contributed by atoms with E-state index >= 15 is 0 Å². The number of carbonyl (C=O) groups excluding carboxylic acids is 2. The number of ether oxygens (including phenoxy) is 2. The van der Waals surface area contributed by atoms with Gasteiger partial charge in [0, 0.05) is 11.0 Å². The molecule has 0 spiro atoms. The molecule has 0 unspecified atom stereocenters. The van der Waals surface area contributed by atoms with Crippen molar-refractivity contribution in [3.05, 3.63) is 52.6 Å². The number of fused-ring (bicyclic) bond motifs is 3. The third-order valence-electron chi connectivity index (χ3n) is 5.09. The van der Waals surface area contributed by atoms with Gasteiger partial charge in [0.05, 0.1) is 29.7 Å². The molecule has 0 aromatic heterocycles. The van der Waals surface area contributed by atoms with E-state index in [2.05, 4.69) is 0 Å². The van der Waals surface area contributed by atoms with E-state index in [0.717, 1.165) is 5.56 Å². The molecule has 0 saturated heterocycles. The van der Waals surface area contributed by atoms with E-state index < -0.39 is 27.3 Å². The zero-order valence-corrected chi connectivity index (χ0v) is 16.7. The highest BCUT2D eigenvalue weighted by Crippen LogP contribution is 2.50. The first-order valence-corrected chi connectivity index (χ1v) is 10.1. The van der Waals surface area contributed by atoms with Crippen LogP contribution >= 0.6 is 0 Å². The van der Waals surface area contributed by atoms with Crippen LogP contribution in [-0.4, -0.2) is 38.3 Å². The van der Waals surface area contributed by atoms with Crippen LogP contribution < -0.4 is 9.47 Å². The smallest absolute Gasteiger partial charge is 0.276 e. The van der Waals surface area contributed by atoms with Gasteiger partial charge in [0.25, 0.3) is 21.8 Å². The quantitative estimate of drug-likeness (QED) is 0.735. The Morgan fingerprint density at radius 3 is 2.36 bits per heavy atom. The fraction of sp³-hybridized carbons (Fsp3) is 0.300. The Morgan fingerprint density at radius 2 is 1.75 bits per heavy atom. The minimum Gasteiger partial charge on any atom is -0.493 e. The van der Waals surface area contributed by atoms with E-state index in [1.54, 1.807) is 12.1 Å². The lowest BCUT2D eigenvalue weighted by Gasteiger charge is -2.18. The molecule has 2 amide bonds. The zero-order chi connectivity index (χ0) is 20.4. The van der Waals surface area contributed by atoms with E-state index in [1.165, 1.54) is 25.3 Å². The number of imide groups is 1. The Labute approximate surface area is 162 Å². The first kappa shape index (κ1) is 18.5. The molecule has 0 N–H and O–H groups in total. The van der Waals surface area contributed by atoms with Crippen molar-refractivity contribution in [3.8, 4) is 11.5 Å². The Kier molecular flexibility index (Phi) is 3.84. The molecule has 0 radical (unpaired) electrons. The number of aryl methyl sites for hydroxylation is 1. The Hall–Kier alpha value is -2.87. The van der Waals surface area contributed by atoms with Gasteiger partial charge < -0.3 is 9.47 Å². The lowest BCUT2D eigenvalue weighted by atomic mass is 9.82. The SMILES string of the molecule is COc1cc2c(c3c1OCC3(C)C)C(=O)N(S(=O)(=O)c1ccc(C)cc1)C2=O. The highest BCUT2D eigenvalue weighted by atomic mass is 32.2. The van der Waals surface area contributed by atoms with Gasteiger partial charge in [0.2, 0.25) is 0 Å². The summed E-state index contributed by atoms with van der Waals surface area (Å²) in [6, 6.07) is 7.37. The molecule has 4 rings (SSSR count). The van der Waals surface area contributed by atoms with E-state index in [9.17, 15) is 18.0 Å². The second-order valence-corrected chi connectivity index (χ2v) is 9.36. The van der Waals surface area contributed by atoms with Crippen LogP contribution in [0.15, 0.2) is 35.2 Å². The molecule has 7 nitrogen and oxygen atoms in total. The van der Waals surface area contributed by atoms with Crippen LogP contribution in [0.4, 0.5) is 0 Å². The minimum atomic E-state index is -4.34. The van der Waals surface area contributed by atoms with Crippen LogP contribution in [0.2, 0.25) is 0 Å². The van der Waals surface area contributed by atoms with Crippen molar-refractivity contribution < 1.29 is 27.5 Å². The van der Waals surface area contributed by atoms with Crippen LogP contribution in [0, 0.1) is 6.92 Å². The summed E-state index contributed by atoms with van der Waals surface area (Å²) < 4.78 is 37.5. The van der Waals surface area contributed by atoms with Gasteiger partial charge >= 0.3 is 0 Å². The van der Waals surface area contributed by atoms with Crippen molar-refractivity contribution in [2.24, 2.45) is 0 Å². The molecule has 146 valence electrons. The first-order chi connectivity index (χ1) is 13.1. The van der Waals surface area contributed by atoms with E-state index in [1.807, 2.05) is 20.8 Å². The number of benzene rings is 2. The molecule has 28 heavy (non-hydrogen) atoms. The van der Waals surface area contributed by atoms with Crippen molar-refractivity contribution in [1.82, 2.24) is 4.31 Å². The molecule has 2 aliphatic heterocycles. The zero-order valence-electron chi connectivity index (χ0n) is 15.9. The molecule has 0 fully saturated rings. The van der Waals surface area contributed by atoms with Crippen molar-refractivity contribution >= 4 is 21.8 Å². The second-order valence-electron chi connectivity index (χ2n) is 7.57. The van der Waals surface area contributed by atoms with Crippen molar-refractivity contribution in [1.29, 1.82) is 0 Å². The van der Waals surface area contributed by atoms with Crippen LogP contribution in [0.5, 0.6) is 11.5 Å². The van der Waals surface area contributed by atoms with Crippen molar-refractivity contribution in [2.45, 2.75) is 31.1 Å². The molecule has 0 bridgehead atoms. The van der Waals surface area contributed by atoms with Crippen LogP contribution in [-0.2, 0) is 15.4 Å². The van der Waals surface area contributed by atoms with Crippen LogP contribution in [0.25, 0.3) is 0 Å².